The van der Waals surface area contributed by atoms with E-state index in [1.807, 2.05) is 12.1 Å². The van der Waals surface area contributed by atoms with Crippen molar-refractivity contribution >= 4 is 46.3 Å². The van der Waals surface area contributed by atoms with Crippen LogP contribution in [0.25, 0.3) is 0 Å². The molecule has 2 aliphatic rings. The number of amides is 1. The van der Waals surface area contributed by atoms with Gasteiger partial charge in [-0.05, 0) is 81.3 Å². The van der Waals surface area contributed by atoms with Crippen LogP contribution in [0, 0.1) is 16.0 Å². The van der Waals surface area contributed by atoms with Crippen molar-refractivity contribution in [3.63, 3.8) is 0 Å². The fourth-order valence-corrected chi connectivity index (χ4v) is 6.79. The minimum absolute atomic E-state index is 0.0606. The number of ether oxygens (including phenoxy) is 1. The van der Waals surface area contributed by atoms with Gasteiger partial charge in [0.15, 0.2) is 5.11 Å². The van der Waals surface area contributed by atoms with E-state index in [4.69, 9.17) is 17.0 Å². The smallest absolute Gasteiger partial charge is 0.318 e. The Morgan fingerprint density at radius 1 is 1.02 bits per heavy atom. The number of likely N-dealkylation sites (tertiary alicyclic amines) is 1. The SMILES string of the molecule is COC(=O)C1C(C)=NC(=S)NC1N(C(=O)CCCN1CCC(c2ccccc2)(c2ccccc2)CC1)c1ccc([N+](=O)[O-])cc1. The molecule has 0 spiro atoms. The summed E-state index contributed by atoms with van der Waals surface area (Å²) in [5.74, 6) is -1.72. The first-order chi connectivity index (χ1) is 21.7. The number of nitrogens with one attached hydrogen (secondary N) is 1. The number of thiocarbonyl (C=S) groups is 1. The van der Waals surface area contributed by atoms with Crippen molar-refractivity contribution in [1.29, 1.82) is 0 Å². The van der Waals surface area contributed by atoms with Gasteiger partial charge in [-0.2, -0.15) is 0 Å². The number of hydrogen-bond acceptors (Lipinski definition) is 7. The van der Waals surface area contributed by atoms with Crippen LogP contribution in [0.15, 0.2) is 89.9 Å². The number of methoxy groups -OCH3 is 1. The molecule has 3 aromatic carbocycles. The molecule has 3 aromatic rings. The number of nitrogens with zero attached hydrogens (tertiary/aromatic N) is 4. The fraction of sp³-hybridized carbons (Fsp3) is 0.353. The predicted octanol–water partition coefficient (Wildman–Crippen LogP) is 5.25. The second-order valence-electron chi connectivity index (χ2n) is 11.4. The van der Waals surface area contributed by atoms with E-state index >= 15 is 0 Å². The number of nitro benzene ring substituents is 1. The molecule has 11 heteroatoms. The van der Waals surface area contributed by atoms with Crippen molar-refractivity contribution < 1.29 is 19.2 Å². The molecule has 0 saturated carbocycles. The molecule has 2 unspecified atom stereocenters. The summed E-state index contributed by atoms with van der Waals surface area (Å²) >= 11 is 5.32. The zero-order valence-corrected chi connectivity index (χ0v) is 26.2. The number of aliphatic imine (C=N–C) groups is 1. The van der Waals surface area contributed by atoms with Crippen LogP contribution in [0.4, 0.5) is 11.4 Å². The lowest BCUT2D eigenvalue weighted by atomic mass is 9.68. The molecule has 1 fully saturated rings. The maximum atomic E-state index is 13.9. The molecule has 1 amide bonds. The van der Waals surface area contributed by atoms with Gasteiger partial charge in [0.25, 0.3) is 5.69 Å². The zero-order valence-electron chi connectivity index (χ0n) is 25.4. The number of nitro groups is 1. The minimum atomic E-state index is -0.910. The number of carbonyl (C=O) groups excluding carboxylic acids is 2. The van der Waals surface area contributed by atoms with Crippen LogP contribution in [0.5, 0.6) is 0 Å². The van der Waals surface area contributed by atoms with Crippen molar-refractivity contribution in [1.82, 2.24) is 10.2 Å². The number of benzene rings is 3. The van der Waals surface area contributed by atoms with Crippen LogP contribution < -0.4 is 10.2 Å². The molecular formula is C34H37N5O5S. The van der Waals surface area contributed by atoms with Crippen LogP contribution in [-0.2, 0) is 19.7 Å². The Bertz CT molecular complexity index is 1520. The number of rotatable bonds is 10. The average Bonchev–Trinajstić information content (AvgIpc) is 3.06. The van der Waals surface area contributed by atoms with Crippen LogP contribution in [0.1, 0.15) is 43.7 Å². The first kappa shape index (κ1) is 31.9. The molecule has 45 heavy (non-hydrogen) atoms. The summed E-state index contributed by atoms with van der Waals surface area (Å²) in [5, 5.41) is 14.4. The van der Waals surface area contributed by atoms with Gasteiger partial charge in [0.1, 0.15) is 12.1 Å². The van der Waals surface area contributed by atoms with E-state index < -0.39 is 23.0 Å². The van der Waals surface area contributed by atoms with Gasteiger partial charge in [-0.3, -0.25) is 24.6 Å². The van der Waals surface area contributed by atoms with Gasteiger partial charge in [-0.15, -0.1) is 0 Å². The molecule has 234 valence electrons. The van der Waals surface area contributed by atoms with Crippen molar-refractivity contribution in [3.05, 3.63) is 106 Å². The lowest BCUT2D eigenvalue weighted by Crippen LogP contribution is -2.60. The summed E-state index contributed by atoms with van der Waals surface area (Å²) in [6, 6.07) is 27.0. The number of anilines is 1. The molecule has 1 N–H and O–H groups in total. The van der Waals surface area contributed by atoms with Crippen LogP contribution >= 0.6 is 12.2 Å². The molecule has 10 nitrogen and oxygen atoms in total. The average molecular weight is 628 g/mol. The van der Waals surface area contributed by atoms with E-state index in [9.17, 15) is 19.7 Å². The van der Waals surface area contributed by atoms with Crippen LogP contribution in [0.2, 0.25) is 0 Å². The molecule has 2 atom stereocenters. The van der Waals surface area contributed by atoms with Crippen LogP contribution in [0.3, 0.4) is 0 Å². The van der Waals surface area contributed by atoms with E-state index in [-0.39, 0.29) is 28.5 Å². The zero-order chi connectivity index (χ0) is 32.0. The number of non-ortho nitro benzene ring substituents is 1. The van der Waals surface area contributed by atoms with Crippen molar-refractivity contribution in [2.45, 2.75) is 44.2 Å². The van der Waals surface area contributed by atoms with E-state index in [0.29, 0.717) is 17.8 Å². The highest BCUT2D eigenvalue weighted by Crippen LogP contribution is 2.41. The lowest BCUT2D eigenvalue weighted by molar-refractivity contribution is -0.384. The molecule has 5 rings (SSSR count). The second kappa shape index (κ2) is 14.1. The maximum absolute atomic E-state index is 13.9. The Morgan fingerprint density at radius 2 is 1.60 bits per heavy atom. The quantitative estimate of drug-likeness (QED) is 0.140. The normalized spacial score (nSPS) is 19.6. The summed E-state index contributed by atoms with van der Waals surface area (Å²) in [5.41, 5.74) is 3.30. The van der Waals surface area contributed by atoms with Crippen molar-refractivity contribution in [2.75, 3.05) is 31.6 Å². The highest BCUT2D eigenvalue weighted by molar-refractivity contribution is 7.80. The summed E-state index contributed by atoms with van der Waals surface area (Å²) in [4.78, 5) is 45.7. The third-order valence-corrected chi connectivity index (χ3v) is 9.09. The Morgan fingerprint density at radius 3 is 2.13 bits per heavy atom. The Hall–Kier alpha value is -4.48. The first-order valence-corrected chi connectivity index (χ1v) is 15.5. The number of hydrogen-bond donors (Lipinski definition) is 1. The molecule has 0 radical (unpaired) electrons. The monoisotopic (exact) mass is 627 g/mol. The van der Waals surface area contributed by atoms with Crippen molar-refractivity contribution in [3.8, 4) is 0 Å². The van der Waals surface area contributed by atoms with Gasteiger partial charge < -0.3 is 15.0 Å². The minimum Gasteiger partial charge on any atom is -0.468 e. The lowest BCUT2D eigenvalue weighted by Gasteiger charge is -2.43. The van der Waals surface area contributed by atoms with Crippen LogP contribution in [-0.4, -0.2) is 65.4 Å². The van der Waals surface area contributed by atoms with Gasteiger partial charge in [-0.25, -0.2) is 4.99 Å². The molecule has 0 bridgehead atoms. The van der Waals surface area contributed by atoms with Gasteiger partial charge in [0.05, 0.1) is 12.0 Å². The summed E-state index contributed by atoms with van der Waals surface area (Å²) in [6.45, 7) is 4.18. The number of piperidine rings is 1. The topological polar surface area (TPSA) is 117 Å². The fourth-order valence-electron chi connectivity index (χ4n) is 6.53. The Kier molecular flexibility index (Phi) is 9.99. The maximum Gasteiger partial charge on any atom is 0.318 e. The number of carbonyl (C=O) groups is 2. The summed E-state index contributed by atoms with van der Waals surface area (Å²) in [6.07, 6.45) is 1.83. The third kappa shape index (κ3) is 6.94. The summed E-state index contributed by atoms with van der Waals surface area (Å²) in [7, 11) is 1.28. The van der Waals surface area contributed by atoms with Gasteiger partial charge in [0.2, 0.25) is 5.91 Å². The molecule has 0 aliphatic carbocycles. The molecule has 2 aliphatic heterocycles. The predicted molar refractivity (Wildman–Crippen MR) is 177 cm³/mol. The molecule has 0 aromatic heterocycles. The second-order valence-corrected chi connectivity index (χ2v) is 11.8. The Labute approximate surface area is 268 Å². The number of esters is 1. The van der Waals surface area contributed by atoms with E-state index in [1.54, 1.807) is 6.92 Å². The van der Waals surface area contributed by atoms with Crippen molar-refractivity contribution in [2.24, 2.45) is 10.9 Å². The van der Waals surface area contributed by atoms with E-state index in [0.717, 1.165) is 32.5 Å². The van der Waals surface area contributed by atoms with Gasteiger partial charge in [-0.1, -0.05) is 60.7 Å². The Balaban J connectivity index is 1.31. The molecular weight excluding hydrogens is 590 g/mol. The third-order valence-electron chi connectivity index (χ3n) is 8.88. The van der Waals surface area contributed by atoms with E-state index in [2.05, 4.69) is 63.7 Å². The highest BCUT2D eigenvalue weighted by atomic mass is 32.1. The van der Waals surface area contributed by atoms with Gasteiger partial charge >= 0.3 is 5.97 Å². The largest absolute Gasteiger partial charge is 0.468 e. The van der Waals surface area contributed by atoms with E-state index in [1.165, 1.54) is 47.4 Å². The molecule has 1 saturated heterocycles. The highest BCUT2D eigenvalue weighted by Gasteiger charge is 2.42. The first-order valence-electron chi connectivity index (χ1n) is 15.1. The molecule has 2 heterocycles. The standard InChI is InChI=1S/C34H37N5O5S/c1-24-30(32(41)44-2)31(36-33(45)35-24)38(27-15-17-28(18-16-27)39(42)43)29(40)14-9-21-37-22-19-34(20-23-37,25-10-5-3-6-11-25)26-12-7-4-8-13-26/h3-8,10-13,15-18,30-31H,9,14,19-23H2,1-2H3,(H,36,45). The summed E-state index contributed by atoms with van der Waals surface area (Å²) < 4.78 is 5.05. The van der Waals surface area contributed by atoms with Gasteiger partial charge in [0, 0.05) is 35.4 Å².